The Hall–Kier alpha value is -0.610. The molecule has 2 atom stereocenters. The molecule has 4 heteroatoms. The fraction of sp³-hybridized carbons (Fsp3) is 0.900. The normalized spacial score (nSPS) is 34.8. The van der Waals surface area contributed by atoms with Crippen LogP contribution in [0, 0.1) is 5.41 Å². The average Bonchev–Trinajstić information content (AvgIpc) is 2.16. The molecular weight excluding hydrogens is 182 g/mol. The first kappa shape index (κ1) is 11.5. The van der Waals surface area contributed by atoms with Gasteiger partial charge in [-0.15, -0.1) is 0 Å². The lowest BCUT2D eigenvalue weighted by atomic mass is 9.54. The molecule has 0 saturated heterocycles. The SMILES string of the molecule is CCO[C@H]1C[C@@](N)(C(=O)OC)C1(C)C. The number of carbonyl (C=O) groups is 1. The molecule has 14 heavy (non-hydrogen) atoms. The molecule has 82 valence electrons. The molecule has 0 amide bonds. The molecule has 1 fully saturated rings. The van der Waals surface area contributed by atoms with Gasteiger partial charge >= 0.3 is 5.97 Å². The van der Waals surface area contributed by atoms with E-state index in [1.807, 2.05) is 20.8 Å². The first-order chi connectivity index (χ1) is 6.40. The van der Waals surface area contributed by atoms with Crippen LogP contribution in [-0.2, 0) is 14.3 Å². The third-order valence-corrected chi connectivity index (χ3v) is 3.38. The van der Waals surface area contributed by atoms with Crippen LogP contribution in [0.2, 0.25) is 0 Å². The van der Waals surface area contributed by atoms with E-state index in [1.54, 1.807) is 0 Å². The van der Waals surface area contributed by atoms with Crippen LogP contribution in [0.3, 0.4) is 0 Å². The van der Waals surface area contributed by atoms with E-state index in [4.69, 9.17) is 15.2 Å². The smallest absolute Gasteiger partial charge is 0.326 e. The number of nitrogens with two attached hydrogens (primary N) is 1. The maximum Gasteiger partial charge on any atom is 0.326 e. The Morgan fingerprint density at radius 3 is 2.50 bits per heavy atom. The number of methoxy groups -OCH3 is 1. The van der Waals surface area contributed by atoms with Gasteiger partial charge in [-0.3, -0.25) is 4.79 Å². The minimum atomic E-state index is -0.887. The van der Waals surface area contributed by atoms with Crippen LogP contribution in [0.25, 0.3) is 0 Å². The Labute approximate surface area is 84.7 Å². The van der Waals surface area contributed by atoms with E-state index >= 15 is 0 Å². The summed E-state index contributed by atoms with van der Waals surface area (Å²) in [5, 5.41) is 0. The third-order valence-electron chi connectivity index (χ3n) is 3.38. The average molecular weight is 201 g/mol. The summed E-state index contributed by atoms with van der Waals surface area (Å²) in [5.74, 6) is -0.349. The van der Waals surface area contributed by atoms with Crippen LogP contribution < -0.4 is 5.73 Å². The highest BCUT2D eigenvalue weighted by molar-refractivity contribution is 5.83. The van der Waals surface area contributed by atoms with Crippen molar-refractivity contribution in [3.8, 4) is 0 Å². The maximum absolute atomic E-state index is 11.5. The first-order valence-corrected chi connectivity index (χ1v) is 4.89. The Morgan fingerprint density at radius 2 is 2.14 bits per heavy atom. The van der Waals surface area contributed by atoms with Crippen molar-refractivity contribution in [3.05, 3.63) is 0 Å². The lowest BCUT2D eigenvalue weighted by Gasteiger charge is -2.56. The molecule has 0 bridgehead atoms. The molecule has 1 saturated carbocycles. The maximum atomic E-state index is 11.5. The molecular formula is C10H19NO3. The molecule has 4 nitrogen and oxygen atoms in total. The molecule has 1 aliphatic carbocycles. The highest BCUT2D eigenvalue weighted by atomic mass is 16.5. The first-order valence-electron chi connectivity index (χ1n) is 4.89. The molecule has 0 aromatic heterocycles. The van der Waals surface area contributed by atoms with E-state index in [9.17, 15) is 4.79 Å². The van der Waals surface area contributed by atoms with Crippen molar-refractivity contribution in [2.75, 3.05) is 13.7 Å². The lowest BCUT2D eigenvalue weighted by molar-refractivity contribution is -0.187. The summed E-state index contributed by atoms with van der Waals surface area (Å²) in [5.41, 5.74) is 4.76. The molecule has 0 aromatic rings. The van der Waals surface area contributed by atoms with Crippen LogP contribution >= 0.6 is 0 Å². The second-order valence-corrected chi connectivity index (χ2v) is 4.33. The molecule has 0 unspecified atom stereocenters. The number of carbonyl (C=O) groups excluding carboxylic acids is 1. The van der Waals surface area contributed by atoms with Gasteiger partial charge in [0.2, 0.25) is 0 Å². The van der Waals surface area contributed by atoms with Crippen molar-refractivity contribution in [3.63, 3.8) is 0 Å². The number of rotatable bonds is 3. The van der Waals surface area contributed by atoms with Gasteiger partial charge in [0.15, 0.2) is 0 Å². The van der Waals surface area contributed by atoms with E-state index in [0.29, 0.717) is 13.0 Å². The molecule has 0 aliphatic heterocycles. The number of ether oxygens (including phenoxy) is 2. The van der Waals surface area contributed by atoms with Crippen molar-refractivity contribution < 1.29 is 14.3 Å². The summed E-state index contributed by atoms with van der Waals surface area (Å²) in [7, 11) is 1.36. The predicted octanol–water partition coefficient (Wildman–Crippen LogP) is 0.692. The van der Waals surface area contributed by atoms with Gasteiger partial charge in [-0.25, -0.2) is 0 Å². The van der Waals surface area contributed by atoms with Crippen molar-refractivity contribution in [2.24, 2.45) is 11.1 Å². The fourth-order valence-electron chi connectivity index (χ4n) is 1.96. The van der Waals surface area contributed by atoms with Crippen LogP contribution in [0.15, 0.2) is 0 Å². The zero-order valence-electron chi connectivity index (χ0n) is 9.29. The van der Waals surface area contributed by atoms with Gasteiger partial charge < -0.3 is 15.2 Å². The molecule has 2 N–H and O–H groups in total. The quantitative estimate of drug-likeness (QED) is 0.682. The molecule has 0 aromatic carbocycles. The van der Waals surface area contributed by atoms with Crippen molar-refractivity contribution in [1.29, 1.82) is 0 Å². The molecule has 0 spiro atoms. The second-order valence-electron chi connectivity index (χ2n) is 4.33. The van der Waals surface area contributed by atoms with Crippen LogP contribution in [0.4, 0.5) is 0 Å². The summed E-state index contributed by atoms with van der Waals surface area (Å²) >= 11 is 0. The van der Waals surface area contributed by atoms with Gasteiger partial charge in [0.1, 0.15) is 5.54 Å². The highest BCUT2D eigenvalue weighted by Crippen LogP contribution is 2.50. The fourth-order valence-corrected chi connectivity index (χ4v) is 1.96. The number of hydrogen-bond donors (Lipinski definition) is 1. The second kappa shape index (κ2) is 3.51. The Bertz CT molecular complexity index is 240. The summed E-state index contributed by atoms with van der Waals surface area (Å²) in [6.07, 6.45) is 0.595. The van der Waals surface area contributed by atoms with E-state index < -0.39 is 5.54 Å². The van der Waals surface area contributed by atoms with E-state index in [0.717, 1.165) is 0 Å². The van der Waals surface area contributed by atoms with Gasteiger partial charge in [0.25, 0.3) is 0 Å². The summed E-state index contributed by atoms with van der Waals surface area (Å²) in [6, 6.07) is 0. The van der Waals surface area contributed by atoms with Gasteiger partial charge in [-0.1, -0.05) is 13.8 Å². The summed E-state index contributed by atoms with van der Waals surface area (Å²) in [4.78, 5) is 11.5. The van der Waals surface area contributed by atoms with Crippen LogP contribution in [0.5, 0.6) is 0 Å². The molecule has 1 aliphatic rings. The Balaban J connectivity index is 2.74. The number of hydrogen-bond acceptors (Lipinski definition) is 4. The zero-order valence-corrected chi connectivity index (χ0v) is 9.29. The zero-order chi connectivity index (χ0) is 11.0. The van der Waals surface area contributed by atoms with Crippen LogP contribution in [-0.4, -0.2) is 31.3 Å². The van der Waals surface area contributed by atoms with Gasteiger partial charge in [-0.05, 0) is 6.92 Å². The van der Waals surface area contributed by atoms with Crippen molar-refractivity contribution >= 4 is 5.97 Å². The van der Waals surface area contributed by atoms with Crippen molar-refractivity contribution in [1.82, 2.24) is 0 Å². The molecule has 0 radical (unpaired) electrons. The predicted molar refractivity (Wildman–Crippen MR) is 52.7 cm³/mol. The van der Waals surface area contributed by atoms with Gasteiger partial charge in [-0.2, -0.15) is 0 Å². The standard InChI is InChI=1S/C10H19NO3/c1-5-14-7-6-10(11,8(12)13-4)9(7,2)3/h7H,5-6,11H2,1-4H3/t7-,10+/m0/s1. The highest BCUT2D eigenvalue weighted by Gasteiger charge is 2.63. The van der Waals surface area contributed by atoms with Gasteiger partial charge in [0, 0.05) is 18.4 Å². The summed E-state index contributed by atoms with van der Waals surface area (Å²) in [6.45, 7) is 6.46. The molecule has 0 heterocycles. The number of esters is 1. The van der Waals surface area contributed by atoms with Crippen molar-refractivity contribution in [2.45, 2.75) is 38.8 Å². The van der Waals surface area contributed by atoms with Gasteiger partial charge in [0.05, 0.1) is 13.2 Å². The third kappa shape index (κ3) is 1.33. The largest absolute Gasteiger partial charge is 0.468 e. The minimum absolute atomic E-state index is 0.0524. The Kier molecular flexibility index (Phi) is 2.88. The van der Waals surface area contributed by atoms with E-state index in [1.165, 1.54) is 7.11 Å². The topological polar surface area (TPSA) is 61.5 Å². The van der Waals surface area contributed by atoms with E-state index in [-0.39, 0.29) is 17.5 Å². The monoisotopic (exact) mass is 201 g/mol. The minimum Gasteiger partial charge on any atom is -0.468 e. The van der Waals surface area contributed by atoms with E-state index in [2.05, 4.69) is 0 Å². The van der Waals surface area contributed by atoms with Crippen LogP contribution in [0.1, 0.15) is 27.2 Å². The summed E-state index contributed by atoms with van der Waals surface area (Å²) < 4.78 is 10.2. The molecule has 1 rings (SSSR count). The lowest BCUT2D eigenvalue weighted by Crippen LogP contribution is -2.73. The Morgan fingerprint density at radius 1 is 1.57 bits per heavy atom.